The van der Waals surface area contributed by atoms with Crippen molar-refractivity contribution >= 4 is 22.9 Å². The second-order valence-electron chi connectivity index (χ2n) is 5.15. The van der Waals surface area contributed by atoms with Crippen molar-refractivity contribution in [3.8, 4) is 11.5 Å². The van der Waals surface area contributed by atoms with Gasteiger partial charge in [-0.1, -0.05) is 12.1 Å². The summed E-state index contributed by atoms with van der Waals surface area (Å²) in [5, 5.41) is 0. The molecule has 3 aromatic rings. The number of carbonyl (C=O) groups excluding carboxylic acids is 1. The van der Waals surface area contributed by atoms with Gasteiger partial charge in [0.15, 0.2) is 5.58 Å². The van der Waals surface area contributed by atoms with Crippen LogP contribution in [0.5, 0.6) is 0 Å². The number of hydrogen-bond acceptors (Lipinski definition) is 4. The van der Waals surface area contributed by atoms with Crippen LogP contribution in [0.25, 0.3) is 22.6 Å². The standard InChI is InChI=1S/C17H14N2O2/c1-10-6-12(3)16-15(7-10)19-17(21-16)13-5-4-11(2)14(8-13)18-9-20/h4-8H,1-3H3. The smallest absolute Gasteiger partial charge is 0.240 e. The van der Waals surface area contributed by atoms with Crippen LogP contribution < -0.4 is 0 Å². The van der Waals surface area contributed by atoms with Crippen molar-refractivity contribution in [1.29, 1.82) is 0 Å². The van der Waals surface area contributed by atoms with Crippen LogP contribution in [0.15, 0.2) is 39.7 Å². The molecule has 0 N–H and O–H groups in total. The molecule has 1 aromatic heterocycles. The minimum Gasteiger partial charge on any atom is -0.436 e. The zero-order chi connectivity index (χ0) is 15.0. The van der Waals surface area contributed by atoms with Gasteiger partial charge in [-0.05, 0) is 55.7 Å². The summed E-state index contributed by atoms with van der Waals surface area (Å²) >= 11 is 0. The Hall–Kier alpha value is -2.71. The van der Waals surface area contributed by atoms with Crippen molar-refractivity contribution in [3.63, 3.8) is 0 Å². The number of rotatable bonds is 2. The van der Waals surface area contributed by atoms with E-state index in [1.807, 2.05) is 39.0 Å². The molecule has 0 aliphatic rings. The molecule has 2 aromatic carbocycles. The van der Waals surface area contributed by atoms with E-state index in [0.717, 1.165) is 33.4 Å². The summed E-state index contributed by atoms with van der Waals surface area (Å²) in [6.07, 6.45) is 1.57. The van der Waals surface area contributed by atoms with E-state index >= 15 is 0 Å². The van der Waals surface area contributed by atoms with Crippen LogP contribution in [0.1, 0.15) is 16.7 Å². The topological polar surface area (TPSA) is 55.5 Å². The quantitative estimate of drug-likeness (QED) is 0.516. The Kier molecular flexibility index (Phi) is 3.16. The summed E-state index contributed by atoms with van der Waals surface area (Å²) in [6.45, 7) is 5.92. The number of nitrogens with zero attached hydrogens (tertiary/aromatic N) is 2. The van der Waals surface area contributed by atoms with Gasteiger partial charge in [-0.25, -0.2) is 9.78 Å². The molecule has 3 rings (SSSR count). The van der Waals surface area contributed by atoms with Gasteiger partial charge < -0.3 is 4.42 Å². The Balaban J connectivity index is 2.18. The SMILES string of the molecule is Cc1cc(C)c2oc(-c3ccc(C)c(N=C=O)c3)nc2c1. The molecule has 0 aliphatic heterocycles. The lowest BCUT2D eigenvalue weighted by atomic mass is 10.1. The predicted molar refractivity (Wildman–Crippen MR) is 81.4 cm³/mol. The largest absolute Gasteiger partial charge is 0.436 e. The maximum atomic E-state index is 10.5. The normalized spacial score (nSPS) is 10.6. The summed E-state index contributed by atoms with van der Waals surface area (Å²) in [6, 6.07) is 9.64. The minimum absolute atomic E-state index is 0.529. The van der Waals surface area contributed by atoms with E-state index in [1.165, 1.54) is 0 Å². The third-order valence-electron chi connectivity index (χ3n) is 3.44. The zero-order valence-electron chi connectivity index (χ0n) is 12.1. The number of fused-ring (bicyclic) bond motifs is 1. The zero-order valence-corrected chi connectivity index (χ0v) is 12.1. The molecular formula is C17H14N2O2. The van der Waals surface area contributed by atoms with Crippen LogP contribution >= 0.6 is 0 Å². The highest BCUT2D eigenvalue weighted by molar-refractivity contribution is 5.80. The summed E-state index contributed by atoms with van der Waals surface area (Å²) in [5.41, 5.74) is 6.11. The molecule has 0 radical (unpaired) electrons. The summed E-state index contributed by atoms with van der Waals surface area (Å²) in [4.78, 5) is 18.7. The van der Waals surface area contributed by atoms with Crippen molar-refractivity contribution in [1.82, 2.24) is 4.98 Å². The molecule has 0 saturated carbocycles. The number of isocyanates is 1. The van der Waals surface area contributed by atoms with Gasteiger partial charge in [-0.3, -0.25) is 0 Å². The Morgan fingerprint density at radius 1 is 1.10 bits per heavy atom. The van der Waals surface area contributed by atoms with Gasteiger partial charge in [-0.2, -0.15) is 4.99 Å². The molecule has 0 atom stereocenters. The third-order valence-corrected chi connectivity index (χ3v) is 3.44. The molecule has 21 heavy (non-hydrogen) atoms. The van der Waals surface area contributed by atoms with Crippen LogP contribution in [0.2, 0.25) is 0 Å². The molecule has 4 nitrogen and oxygen atoms in total. The number of oxazole rings is 1. The first-order valence-corrected chi connectivity index (χ1v) is 6.65. The lowest BCUT2D eigenvalue weighted by Crippen LogP contribution is -1.80. The molecule has 4 heteroatoms. The molecule has 0 amide bonds. The lowest BCUT2D eigenvalue weighted by molar-refractivity contribution is 0.565. The van der Waals surface area contributed by atoms with Crippen molar-refractivity contribution in [2.75, 3.05) is 0 Å². The fourth-order valence-electron chi connectivity index (χ4n) is 2.41. The van der Waals surface area contributed by atoms with Crippen molar-refractivity contribution in [2.24, 2.45) is 4.99 Å². The third kappa shape index (κ3) is 2.37. The van der Waals surface area contributed by atoms with E-state index in [1.54, 1.807) is 12.1 Å². The highest BCUT2D eigenvalue weighted by atomic mass is 16.3. The molecule has 104 valence electrons. The van der Waals surface area contributed by atoms with Crippen molar-refractivity contribution in [2.45, 2.75) is 20.8 Å². The molecule has 0 bridgehead atoms. The number of aromatic nitrogens is 1. The van der Waals surface area contributed by atoms with Crippen LogP contribution in [0, 0.1) is 20.8 Å². The first kappa shape index (κ1) is 13.3. The summed E-state index contributed by atoms with van der Waals surface area (Å²) in [5.74, 6) is 0.529. The van der Waals surface area contributed by atoms with E-state index in [0.29, 0.717) is 11.6 Å². The Bertz CT molecular complexity index is 887. The van der Waals surface area contributed by atoms with Crippen molar-refractivity contribution < 1.29 is 9.21 Å². The fourth-order valence-corrected chi connectivity index (χ4v) is 2.41. The van der Waals surface area contributed by atoms with E-state index in [-0.39, 0.29) is 0 Å². The lowest BCUT2D eigenvalue weighted by Gasteiger charge is -2.00. The Morgan fingerprint density at radius 3 is 2.67 bits per heavy atom. The molecular weight excluding hydrogens is 264 g/mol. The van der Waals surface area contributed by atoms with Gasteiger partial charge in [-0.15, -0.1) is 0 Å². The van der Waals surface area contributed by atoms with Gasteiger partial charge in [0.25, 0.3) is 0 Å². The first-order chi connectivity index (χ1) is 10.1. The Labute approximate surface area is 122 Å². The molecule has 0 fully saturated rings. The maximum Gasteiger partial charge on any atom is 0.240 e. The highest BCUT2D eigenvalue weighted by Gasteiger charge is 2.12. The van der Waals surface area contributed by atoms with E-state index in [9.17, 15) is 4.79 Å². The van der Waals surface area contributed by atoms with Crippen LogP contribution in [0.3, 0.4) is 0 Å². The predicted octanol–water partition coefficient (Wildman–Crippen LogP) is 4.39. The van der Waals surface area contributed by atoms with Gasteiger partial charge in [0.2, 0.25) is 12.0 Å². The van der Waals surface area contributed by atoms with Crippen molar-refractivity contribution in [3.05, 3.63) is 47.0 Å². The number of aryl methyl sites for hydroxylation is 3. The average Bonchev–Trinajstić information content (AvgIpc) is 2.85. The maximum absolute atomic E-state index is 10.5. The second-order valence-corrected chi connectivity index (χ2v) is 5.15. The molecule has 0 aliphatic carbocycles. The Morgan fingerprint density at radius 2 is 1.90 bits per heavy atom. The van der Waals surface area contributed by atoms with Crippen LogP contribution in [-0.4, -0.2) is 11.1 Å². The van der Waals surface area contributed by atoms with Gasteiger partial charge in [0.05, 0.1) is 5.69 Å². The summed E-state index contributed by atoms with van der Waals surface area (Å²) < 4.78 is 5.86. The molecule has 1 heterocycles. The first-order valence-electron chi connectivity index (χ1n) is 6.65. The molecule has 0 unspecified atom stereocenters. The fraction of sp³-hybridized carbons (Fsp3) is 0.176. The summed E-state index contributed by atoms with van der Waals surface area (Å²) in [7, 11) is 0. The average molecular weight is 278 g/mol. The number of benzene rings is 2. The van der Waals surface area contributed by atoms with Crippen LogP contribution in [-0.2, 0) is 4.79 Å². The molecule has 0 saturated heterocycles. The molecule has 0 spiro atoms. The van der Waals surface area contributed by atoms with E-state index in [4.69, 9.17) is 4.42 Å². The number of aliphatic imine (C=N–C) groups is 1. The van der Waals surface area contributed by atoms with Crippen LogP contribution in [0.4, 0.5) is 5.69 Å². The van der Waals surface area contributed by atoms with E-state index in [2.05, 4.69) is 16.0 Å². The van der Waals surface area contributed by atoms with Gasteiger partial charge >= 0.3 is 0 Å². The van der Waals surface area contributed by atoms with E-state index < -0.39 is 0 Å². The van der Waals surface area contributed by atoms with Gasteiger partial charge in [0, 0.05) is 5.56 Å². The highest BCUT2D eigenvalue weighted by Crippen LogP contribution is 2.30. The number of hydrogen-bond donors (Lipinski definition) is 0. The van der Waals surface area contributed by atoms with Gasteiger partial charge in [0.1, 0.15) is 5.52 Å². The second kappa shape index (κ2) is 5.00. The minimum atomic E-state index is 0.529. The monoisotopic (exact) mass is 278 g/mol.